The van der Waals surface area contributed by atoms with E-state index in [0.717, 1.165) is 34.1 Å². The summed E-state index contributed by atoms with van der Waals surface area (Å²) in [6, 6.07) is 12.3. The molecule has 0 amide bonds. The van der Waals surface area contributed by atoms with Crippen molar-refractivity contribution in [2.75, 3.05) is 14.2 Å². The second kappa shape index (κ2) is 8.97. The Labute approximate surface area is 174 Å². The Morgan fingerprint density at radius 1 is 0.821 bits per heavy atom. The van der Waals surface area contributed by atoms with E-state index < -0.39 is 0 Å². The lowest BCUT2D eigenvalue weighted by Crippen LogP contribution is -2.06. The van der Waals surface area contributed by atoms with E-state index in [-0.39, 0.29) is 4.75 Å². The summed E-state index contributed by atoms with van der Waals surface area (Å²) in [7, 11) is 3.34. The Morgan fingerprint density at radius 3 is 2.04 bits per heavy atom. The molecule has 0 atom stereocenters. The molecule has 1 saturated carbocycles. The number of methoxy groups -OCH3 is 2. The highest BCUT2D eigenvalue weighted by atomic mass is 32.2. The van der Waals surface area contributed by atoms with Crippen LogP contribution in [-0.4, -0.2) is 19.0 Å². The lowest BCUT2D eigenvalue weighted by Gasteiger charge is -2.17. The lowest BCUT2D eigenvalue weighted by molar-refractivity contribution is 0.399. The minimum Gasteiger partial charge on any atom is -0.496 e. The summed E-state index contributed by atoms with van der Waals surface area (Å²) in [4.78, 5) is 1.25. The van der Waals surface area contributed by atoms with E-state index in [9.17, 15) is 0 Å². The van der Waals surface area contributed by atoms with Crippen LogP contribution in [0.1, 0.15) is 37.5 Å². The minimum absolute atomic E-state index is 0.195. The van der Waals surface area contributed by atoms with Gasteiger partial charge in [0.2, 0.25) is 0 Å². The molecule has 3 heteroatoms. The van der Waals surface area contributed by atoms with Crippen LogP contribution < -0.4 is 9.47 Å². The fourth-order valence-corrected chi connectivity index (χ4v) is 3.85. The lowest BCUT2D eigenvalue weighted by atomic mass is 9.95. The van der Waals surface area contributed by atoms with Crippen LogP contribution in [-0.2, 0) is 0 Å². The van der Waals surface area contributed by atoms with Crippen LogP contribution in [0.4, 0.5) is 0 Å². The van der Waals surface area contributed by atoms with Gasteiger partial charge in [-0.25, -0.2) is 0 Å². The smallest absolute Gasteiger partial charge is 0.135 e. The van der Waals surface area contributed by atoms with Crippen LogP contribution >= 0.6 is 11.8 Å². The molecule has 0 N–H and O–H groups in total. The van der Waals surface area contributed by atoms with Crippen molar-refractivity contribution >= 4 is 11.8 Å². The monoisotopic (exact) mass is 389 g/mol. The Bertz CT molecular complexity index is 860. The van der Waals surface area contributed by atoms with Crippen LogP contribution in [0.2, 0.25) is 0 Å². The molecule has 0 aromatic heterocycles. The number of rotatable bonds is 4. The van der Waals surface area contributed by atoms with Gasteiger partial charge in [0.05, 0.1) is 19.8 Å². The van der Waals surface area contributed by atoms with Gasteiger partial charge in [0.15, 0.2) is 0 Å². The summed E-state index contributed by atoms with van der Waals surface area (Å²) in [5, 5.41) is 0. The third-order valence-corrected chi connectivity index (χ3v) is 5.24. The molecule has 143 valence electrons. The van der Waals surface area contributed by atoms with Crippen LogP contribution in [0, 0.1) is 43.4 Å². The van der Waals surface area contributed by atoms with E-state index in [1.54, 1.807) is 14.2 Å². The van der Waals surface area contributed by atoms with Gasteiger partial charge in [0.1, 0.15) is 11.5 Å². The molecule has 0 aliphatic heterocycles. The van der Waals surface area contributed by atoms with Gasteiger partial charge in [0.25, 0.3) is 0 Å². The van der Waals surface area contributed by atoms with Crippen molar-refractivity contribution in [3.8, 4) is 23.3 Å². The molecule has 2 aromatic rings. The molecular weight excluding hydrogens is 364 g/mol. The number of ether oxygens (including phenoxy) is 2. The van der Waals surface area contributed by atoms with Crippen LogP contribution in [0.15, 0.2) is 41.3 Å². The van der Waals surface area contributed by atoms with Gasteiger partial charge in [-0.15, -0.1) is 11.8 Å². The molecule has 1 fully saturated rings. The van der Waals surface area contributed by atoms with Gasteiger partial charge >= 0.3 is 0 Å². The zero-order valence-corrected chi connectivity index (χ0v) is 17.8. The average molecular weight is 390 g/mol. The van der Waals surface area contributed by atoms with E-state index in [0.29, 0.717) is 0 Å². The van der Waals surface area contributed by atoms with Crippen molar-refractivity contribution < 1.29 is 9.47 Å². The number of benzene rings is 2. The average Bonchev–Trinajstić information content (AvgIpc) is 3.20. The van der Waals surface area contributed by atoms with Gasteiger partial charge in [-0.3, -0.25) is 0 Å². The summed E-state index contributed by atoms with van der Waals surface area (Å²) in [5.41, 5.74) is 2.78. The van der Waals surface area contributed by atoms with E-state index in [2.05, 4.69) is 69.7 Å². The van der Waals surface area contributed by atoms with Crippen molar-refractivity contribution in [2.24, 2.45) is 0 Å². The van der Waals surface area contributed by atoms with E-state index in [1.807, 2.05) is 36.7 Å². The summed E-state index contributed by atoms with van der Waals surface area (Å²) >= 11 is 1.85. The SMILES string of the molecule is COc1cc([C]2[CH][CH][CH][CH]2)c(OC)cc1C#Cc1ccc(SC(C)(C)C)cc1. The maximum absolute atomic E-state index is 5.60. The quantitative estimate of drug-likeness (QED) is 0.490. The van der Waals surface area contributed by atoms with E-state index in [1.165, 1.54) is 4.90 Å². The maximum Gasteiger partial charge on any atom is 0.135 e. The summed E-state index contributed by atoms with van der Waals surface area (Å²) in [6.45, 7) is 6.64. The topological polar surface area (TPSA) is 18.5 Å². The fraction of sp³-hybridized carbons (Fsp3) is 0.240. The first-order chi connectivity index (χ1) is 13.4. The zero-order valence-electron chi connectivity index (χ0n) is 17.0. The second-order valence-corrected chi connectivity index (χ2v) is 9.32. The molecule has 5 radical (unpaired) electrons. The van der Waals surface area contributed by atoms with Gasteiger partial charge in [-0.1, -0.05) is 32.6 Å². The summed E-state index contributed by atoms with van der Waals surface area (Å²) in [6.07, 6.45) is 8.13. The first-order valence-corrected chi connectivity index (χ1v) is 10.0. The third kappa shape index (κ3) is 5.26. The standard InChI is InChI=1S/C25H25O2S/c1-25(2,3)28-21-14-11-18(12-15-21)10-13-20-16-24(27-5)22(17-23(20)26-4)19-8-6-7-9-19/h6-9,11-12,14-17H,1-5H3. The van der Waals surface area contributed by atoms with Crippen molar-refractivity contribution in [3.63, 3.8) is 0 Å². The normalized spacial score (nSPS) is 14.5. The Balaban J connectivity index is 1.86. The van der Waals surface area contributed by atoms with Crippen molar-refractivity contribution in [1.82, 2.24) is 0 Å². The third-order valence-electron chi connectivity index (χ3n) is 4.12. The first kappa shape index (κ1) is 20.7. The molecular formula is C25H25O2S. The van der Waals surface area contributed by atoms with Crippen molar-refractivity contribution in [2.45, 2.75) is 30.4 Å². The van der Waals surface area contributed by atoms with Gasteiger partial charge in [0, 0.05) is 26.7 Å². The van der Waals surface area contributed by atoms with Gasteiger partial charge in [-0.2, -0.15) is 0 Å². The fourth-order valence-electron chi connectivity index (χ4n) is 2.87. The van der Waals surface area contributed by atoms with E-state index in [4.69, 9.17) is 9.47 Å². The molecule has 1 aliphatic rings. The summed E-state index contributed by atoms with van der Waals surface area (Å²) in [5.74, 6) is 9.09. The molecule has 2 aromatic carbocycles. The Hall–Kier alpha value is -2.05. The molecule has 28 heavy (non-hydrogen) atoms. The maximum atomic E-state index is 5.60. The van der Waals surface area contributed by atoms with E-state index >= 15 is 0 Å². The number of thioether (sulfide) groups is 1. The number of hydrogen-bond donors (Lipinski definition) is 0. The highest BCUT2D eigenvalue weighted by molar-refractivity contribution is 8.00. The Morgan fingerprint density at radius 2 is 1.46 bits per heavy atom. The molecule has 0 saturated heterocycles. The molecule has 0 bridgehead atoms. The van der Waals surface area contributed by atoms with Gasteiger partial charge < -0.3 is 9.47 Å². The highest BCUT2D eigenvalue weighted by Crippen LogP contribution is 2.39. The van der Waals surface area contributed by atoms with Crippen molar-refractivity contribution in [3.05, 3.63) is 84.7 Å². The predicted octanol–water partition coefficient (Wildman–Crippen LogP) is 5.75. The largest absolute Gasteiger partial charge is 0.496 e. The minimum atomic E-state index is 0.195. The van der Waals surface area contributed by atoms with Gasteiger partial charge in [-0.05, 0) is 62.1 Å². The van der Waals surface area contributed by atoms with Crippen LogP contribution in [0.3, 0.4) is 0 Å². The predicted molar refractivity (Wildman–Crippen MR) is 117 cm³/mol. The molecule has 3 rings (SSSR count). The zero-order chi connectivity index (χ0) is 20.1. The number of hydrogen-bond acceptors (Lipinski definition) is 3. The van der Waals surface area contributed by atoms with Crippen molar-refractivity contribution in [1.29, 1.82) is 0 Å². The first-order valence-electron chi connectivity index (χ1n) is 9.19. The molecule has 1 aliphatic carbocycles. The molecule has 0 unspecified atom stereocenters. The molecule has 2 nitrogen and oxygen atoms in total. The molecule has 0 heterocycles. The molecule has 0 spiro atoms. The summed E-state index contributed by atoms with van der Waals surface area (Å²) < 4.78 is 11.4. The van der Waals surface area contributed by atoms with Crippen LogP contribution in [0.25, 0.3) is 0 Å². The highest BCUT2D eigenvalue weighted by Gasteiger charge is 2.24. The van der Waals surface area contributed by atoms with Crippen LogP contribution in [0.5, 0.6) is 11.5 Å². The Kier molecular flexibility index (Phi) is 6.62. The second-order valence-electron chi connectivity index (χ2n) is 7.42.